The number of hydrogen-bond donors (Lipinski definition) is 4. The number of pyridine rings is 1. The van der Waals surface area contributed by atoms with E-state index in [1.807, 2.05) is 6.07 Å². The fourth-order valence-corrected chi connectivity index (χ4v) is 11.0. The first-order valence-corrected chi connectivity index (χ1v) is 20.4. The molecular formula is C44H45Cl2F3N4O5. The van der Waals surface area contributed by atoms with Crippen LogP contribution in [-0.4, -0.2) is 82.2 Å². The van der Waals surface area contributed by atoms with E-state index in [1.54, 1.807) is 71.6 Å². The zero-order valence-electron chi connectivity index (χ0n) is 31.6. The molecule has 1 aliphatic carbocycles. The van der Waals surface area contributed by atoms with Crippen molar-refractivity contribution < 1.29 is 37.7 Å². The van der Waals surface area contributed by atoms with E-state index < -0.39 is 83.6 Å². The molecule has 58 heavy (non-hydrogen) atoms. The van der Waals surface area contributed by atoms with Crippen molar-refractivity contribution in [2.45, 2.75) is 85.7 Å². The molecule has 4 heterocycles. The Labute approximate surface area is 344 Å². The standard InChI is InChI=1S/C44H45Cl2F3N4O5/c45-32-14-7-13-30(35(32)49)34-37(40(56)50-28-15-16-29(21-54)58-22-28)53(36(26-9-3-1-4-10-26)38(55)27-11-5-2-6-12-27)43(20-8-19-42(23-43,24-47)25-48)44(34)31-17-18-33(46)51-39(31)52-41(44)57/h1-7,9-14,17-18,28-29,34,36-38,54-55H,8,15-16,19-25H2,(H,50,56)(H,51,52,57)/t28-,29+,34+,36-,37-,38+,43?,44?/m1/s1. The van der Waals surface area contributed by atoms with E-state index in [9.17, 15) is 10.2 Å². The van der Waals surface area contributed by atoms with Crippen LogP contribution in [0.15, 0.2) is 91.0 Å². The number of aliphatic hydroxyl groups excluding tert-OH is 2. The first kappa shape index (κ1) is 40.7. The predicted molar refractivity (Wildman–Crippen MR) is 213 cm³/mol. The molecule has 306 valence electrons. The molecule has 2 unspecified atom stereocenters. The lowest BCUT2D eigenvalue weighted by molar-refractivity contribution is -0.141. The maximum Gasteiger partial charge on any atom is 0.238 e. The lowest BCUT2D eigenvalue weighted by Gasteiger charge is -2.57. The Morgan fingerprint density at radius 2 is 1.67 bits per heavy atom. The van der Waals surface area contributed by atoms with E-state index in [2.05, 4.69) is 15.6 Å². The number of fused-ring (bicyclic) bond motifs is 3. The maximum absolute atomic E-state index is 17.1. The lowest BCUT2D eigenvalue weighted by atomic mass is 9.52. The summed E-state index contributed by atoms with van der Waals surface area (Å²) in [5, 5.41) is 28.4. The summed E-state index contributed by atoms with van der Waals surface area (Å²) < 4.78 is 54.4. The quantitative estimate of drug-likeness (QED) is 0.122. The Balaban J connectivity index is 1.49. The zero-order valence-corrected chi connectivity index (χ0v) is 33.1. The smallest absolute Gasteiger partial charge is 0.238 e. The number of ether oxygens (including phenoxy) is 1. The number of alkyl halides is 2. The Hall–Kier alpha value is -4.04. The number of likely N-dealkylation sites (tertiary alicyclic amines) is 1. The van der Waals surface area contributed by atoms with Crippen LogP contribution in [0.5, 0.6) is 0 Å². The van der Waals surface area contributed by atoms with Crippen LogP contribution in [0.4, 0.5) is 19.0 Å². The van der Waals surface area contributed by atoms with Crippen molar-refractivity contribution >= 4 is 40.8 Å². The fourth-order valence-electron chi connectivity index (χ4n) is 10.7. The largest absolute Gasteiger partial charge is 0.394 e. The Bertz CT molecular complexity index is 2140. The number of rotatable bonds is 10. The molecule has 8 atom stereocenters. The first-order chi connectivity index (χ1) is 28.0. The second-order valence-corrected chi connectivity index (χ2v) is 17.0. The summed E-state index contributed by atoms with van der Waals surface area (Å²) in [7, 11) is 0. The molecule has 3 aromatic carbocycles. The number of aliphatic hydroxyl groups is 2. The summed E-state index contributed by atoms with van der Waals surface area (Å²) in [6.45, 7) is -2.26. The molecule has 2 spiro atoms. The molecular weight excluding hydrogens is 792 g/mol. The van der Waals surface area contributed by atoms with Crippen molar-refractivity contribution in [2.24, 2.45) is 5.41 Å². The van der Waals surface area contributed by atoms with Gasteiger partial charge in [-0.3, -0.25) is 23.3 Å². The van der Waals surface area contributed by atoms with Gasteiger partial charge in [-0.2, -0.15) is 0 Å². The number of anilines is 1. The van der Waals surface area contributed by atoms with Crippen LogP contribution in [0.25, 0.3) is 0 Å². The second kappa shape index (κ2) is 16.2. The van der Waals surface area contributed by atoms with Gasteiger partial charge in [-0.1, -0.05) is 108 Å². The molecule has 4 N–H and O–H groups in total. The highest BCUT2D eigenvalue weighted by Gasteiger charge is 2.78. The van der Waals surface area contributed by atoms with Crippen molar-refractivity contribution in [1.82, 2.24) is 15.2 Å². The topological polar surface area (TPSA) is 124 Å². The Kier molecular flexibility index (Phi) is 11.4. The van der Waals surface area contributed by atoms with Gasteiger partial charge in [0.15, 0.2) is 0 Å². The van der Waals surface area contributed by atoms with Crippen molar-refractivity contribution in [3.05, 3.63) is 129 Å². The summed E-state index contributed by atoms with van der Waals surface area (Å²) in [6.07, 6.45) is -0.655. The van der Waals surface area contributed by atoms with Crippen molar-refractivity contribution in [1.29, 1.82) is 0 Å². The summed E-state index contributed by atoms with van der Waals surface area (Å²) in [4.78, 5) is 37.5. The molecule has 1 aromatic heterocycles. The minimum atomic E-state index is -1.96. The van der Waals surface area contributed by atoms with Crippen molar-refractivity contribution in [3.8, 4) is 0 Å². The van der Waals surface area contributed by atoms with Crippen LogP contribution >= 0.6 is 23.2 Å². The lowest BCUT2D eigenvalue weighted by Crippen LogP contribution is -2.65. The molecule has 0 radical (unpaired) electrons. The molecule has 9 nitrogen and oxygen atoms in total. The second-order valence-electron chi connectivity index (χ2n) is 16.2. The van der Waals surface area contributed by atoms with Gasteiger partial charge in [0.2, 0.25) is 11.8 Å². The van der Waals surface area contributed by atoms with Crippen LogP contribution in [0, 0.1) is 11.2 Å². The molecule has 1 saturated carbocycles. The van der Waals surface area contributed by atoms with Gasteiger partial charge in [0, 0.05) is 22.4 Å². The van der Waals surface area contributed by atoms with E-state index in [4.69, 9.17) is 27.9 Å². The molecule has 4 aliphatic rings. The molecule has 3 aliphatic heterocycles. The molecule has 2 amide bonds. The number of carbonyl (C=O) groups excluding carboxylic acids is 2. The molecule has 8 rings (SSSR count). The van der Waals surface area contributed by atoms with Gasteiger partial charge in [0.05, 0.1) is 61.9 Å². The summed E-state index contributed by atoms with van der Waals surface area (Å²) >= 11 is 13.0. The normalized spacial score (nSPS) is 28.9. The van der Waals surface area contributed by atoms with E-state index >= 15 is 22.8 Å². The summed E-state index contributed by atoms with van der Waals surface area (Å²) in [5.74, 6) is -3.45. The minimum absolute atomic E-state index is 0.0606. The van der Waals surface area contributed by atoms with Crippen LogP contribution < -0.4 is 10.6 Å². The van der Waals surface area contributed by atoms with Gasteiger partial charge >= 0.3 is 0 Å². The van der Waals surface area contributed by atoms with Crippen molar-refractivity contribution in [3.63, 3.8) is 0 Å². The molecule has 14 heteroatoms. The number of halogens is 5. The first-order valence-electron chi connectivity index (χ1n) is 19.7. The van der Waals surface area contributed by atoms with E-state index in [0.29, 0.717) is 24.0 Å². The number of carbonyl (C=O) groups is 2. The summed E-state index contributed by atoms with van der Waals surface area (Å²) in [6, 6.07) is 22.2. The molecule has 0 bridgehead atoms. The molecule has 4 aromatic rings. The van der Waals surface area contributed by atoms with Crippen LogP contribution in [-0.2, 0) is 19.7 Å². The average molecular weight is 838 g/mol. The molecule has 3 fully saturated rings. The monoisotopic (exact) mass is 836 g/mol. The Morgan fingerprint density at radius 1 is 0.966 bits per heavy atom. The van der Waals surface area contributed by atoms with Gasteiger partial charge in [-0.15, -0.1) is 0 Å². The van der Waals surface area contributed by atoms with Gasteiger partial charge in [0.1, 0.15) is 22.2 Å². The fraction of sp³-hybridized carbons (Fsp3) is 0.432. The zero-order chi connectivity index (χ0) is 40.8. The predicted octanol–water partition coefficient (Wildman–Crippen LogP) is 7.55. The third-order valence-electron chi connectivity index (χ3n) is 13.1. The summed E-state index contributed by atoms with van der Waals surface area (Å²) in [5.41, 5.74) is -4.00. The minimum Gasteiger partial charge on any atom is -0.394 e. The highest BCUT2D eigenvalue weighted by atomic mass is 35.5. The van der Waals surface area contributed by atoms with Crippen LogP contribution in [0.1, 0.15) is 78.8 Å². The number of hydrogen-bond acceptors (Lipinski definition) is 7. The number of nitrogens with one attached hydrogen (secondary N) is 2. The highest BCUT2D eigenvalue weighted by Crippen LogP contribution is 2.70. The molecule has 2 saturated heterocycles. The Morgan fingerprint density at radius 3 is 2.33 bits per heavy atom. The average Bonchev–Trinajstić information content (AvgIpc) is 3.67. The number of amides is 2. The van der Waals surface area contributed by atoms with E-state index in [1.165, 1.54) is 18.2 Å². The van der Waals surface area contributed by atoms with Gasteiger partial charge in [0.25, 0.3) is 0 Å². The van der Waals surface area contributed by atoms with Crippen LogP contribution in [0.3, 0.4) is 0 Å². The van der Waals surface area contributed by atoms with Gasteiger partial charge in [-0.25, -0.2) is 9.37 Å². The third-order valence-corrected chi connectivity index (χ3v) is 13.6. The van der Waals surface area contributed by atoms with Gasteiger partial charge < -0.3 is 25.6 Å². The van der Waals surface area contributed by atoms with E-state index in [-0.39, 0.29) is 66.0 Å². The van der Waals surface area contributed by atoms with Crippen molar-refractivity contribution in [2.75, 3.05) is 31.9 Å². The number of nitrogens with zero attached hydrogens (tertiary/aromatic N) is 2. The van der Waals surface area contributed by atoms with E-state index in [0.717, 1.165) is 0 Å². The van der Waals surface area contributed by atoms with Gasteiger partial charge in [-0.05, 0) is 60.9 Å². The highest BCUT2D eigenvalue weighted by molar-refractivity contribution is 6.31. The van der Waals surface area contributed by atoms with Crippen LogP contribution in [0.2, 0.25) is 10.2 Å². The SMILES string of the molecule is O=C(N[C@@H]1CC[C@@H](CO)OC1)[C@H]1[C@H](c2cccc(Cl)c2F)C2(C(=O)Nc3nc(Cl)ccc32)C2(CCCC(CF)(CF)C2)N1[C@H](c1ccccc1)[C@@H](O)c1ccccc1. The number of aromatic nitrogens is 1. The third kappa shape index (κ3) is 6.51. The number of benzene rings is 3. The maximum atomic E-state index is 17.1.